The molecule has 4 atom stereocenters. The molecule has 1 aromatic carbocycles. The number of pyridine rings is 1. The van der Waals surface area contributed by atoms with Crippen molar-refractivity contribution in [3.63, 3.8) is 0 Å². The topological polar surface area (TPSA) is 131 Å². The van der Waals surface area contributed by atoms with Gasteiger partial charge in [0.25, 0.3) is 0 Å². The summed E-state index contributed by atoms with van der Waals surface area (Å²) in [5.74, 6) is -0.992. The monoisotopic (exact) mass is 552 g/mol. The molecule has 1 saturated heterocycles. The van der Waals surface area contributed by atoms with Gasteiger partial charge in [-0.15, -0.1) is 0 Å². The number of carbonyl (C=O) groups is 3. The van der Waals surface area contributed by atoms with Gasteiger partial charge in [0.2, 0.25) is 5.91 Å². The maximum absolute atomic E-state index is 14.9. The van der Waals surface area contributed by atoms with Gasteiger partial charge in [-0.2, -0.15) is 5.26 Å². The van der Waals surface area contributed by atoms with Crippen molar-refractivity contribution in [1.82, 2.24) is 9.88 Å². The van der Waals surface area contributed by atoms with E-state index in [0.717, 1.165) is 0 Å². The fraction of sp³-hybridized carbons (Fsp3) is 0.483. The molecule has 4 rings (SSSR count). The number of piperidine rings is 1. The van der Waals surface area contributed by atoms with Crippen molar-refractivity contribution < 1.29 is 33.0 Å². The number of likely N-dealkylation sites (tertiary alicyclic amines) is 1. The van der Waals surface area contributed by atoms with Gasteiger partial charge >= 0.3 is 12.1 Å². The molecule has 2 fully saturated rings. The molecule has 1 aliphatic heterocycles. The number of benzene rings is 1. The zero-order valence-electron chi connectivity index (χ0n) is 23.0. The van der Waals surface area contributed by atoms with E-state index in [1.807, 2.05) is 0 Å². The van der Waals surface area contributed by atoms with Gasteiger partial charge in [0, 0.05) is 19.2 Å². The summed E-state index contributed by atoms with van der Waals surface area (Å²) in [4.78, 5) is 42.2. The SMILES string of the molecule is CCOC(=O)[C@@H]1C[C@H]1C(=O)Nc1cc(-c2ccc(O[C@H]3CCN(C(=O)OC(C)(C)C)C[C@H]3F)c(C#N)c2)ccn1. The first kappa shape index (κ1) is 28.8. The van der Waals surface area contributed by atoms with E-state index in [9.17, 15) is 24.0 Å². The number of nitriles is 1. The first-order valence-corrected chi connectivity index (χ1v) is 13.3. The highest BCUT2D eigenvalue weighted by Crippen LogP contribution is 2.40. The molecule has 40 heavy (non-hydrogen) atoms. The van der Waals surface area contributed by atoms with E-state index in [0.29, 0.717) is 23.4 Å². The number of nitrogens with zero attached hydrogens (tertiary/aromatic N) is 3. The van der Waals surface area contributed by atoms with Crippen LogP contribution in [-0.2, 0) is 19.1 Å². The summed E-state index contributed by atoms with van der Waals surface area (Å²) in [5.41, 5.74) is 0.914. The van der Waals surface area contributed by atoms with Crippen LogP contribution in [0.2, 0.25) is 0 Å². The van der Waals surface area contributed by atoms with E-state index in [1.54, 1.807) is 58.0 Å². The largest absolute Gasteiger partial charge is 0.486 e. The van der Waals surface area contributed by atoms with E-state index < -0.39 is 35.8 Å². The number of anilines is 1. The van der Waals surface area contributed by atoms with Crippen LogP contribution in [0.25, 0.3) is 11.1 Å². The number of aromatic nitrogens is 1. The number of ether oxygens (including phenoxy) is 3. The summed E-state index contributed by atoms with van der Waals surface area (Å²) in [6, 6.07) is 10.5. The average Bonchev–Trinajstić information content (AvgIpc) is 3.71. The Bertz CT molecular complexity index is 1320. The molecule has 2 aromatic rings. The molecule has 1 aromatic heterocycles. The Balaban J connectivity index is 1.39. The number of alkyl halides is 1. The molecule has 1 aliphatic carbocycles. The van der Waals surface area contributed by atoms with E-state index >= 15 is 0 Å². The van der Waals surface area contributed by atoms with Gasteiger partial charge in [0.15, 0.2) is 6.17 Å². The highest BCUT2D eigenvalue weighted by molar-refractivity contribution is 5.98. The molecular formula is C29H33FN4O6. The summed E-state index contributed by atoms with van der Waals surface area (Å²) >= 11 is 0. The van der Waals surface area contributed by atoms with Gasteiger partial charge in [-0.25, -0.2) is 14.2 Å². The minimum atomic E-state index is -1.45. The first-order chi connectivity index (χ1) is 19.0. The Kier molecular flexibility index (Phi) is 8.57. The zero-order chi connectivity index (χ0) is 29.0. The number of hydrogen-bond donors (Lipinski definition) is 1. The van der Waals surface area contributed by atoms with Crippen molar-refractivity contribution in [2.75, 3.05) is 25.0 Å². The van der Waals surface area contributed by atoms with Crippen molar-refractivity contribution in [3.05, 3.63) is 42.1 Å². The smallest absolute Gasteiger partial charge is 0.410 e. The summed E-state index contributed by atoms with van der Waals surface area (Å²) in [7, 11) is 0. The van der Waals surface area contributed by atoms with Crippen molar-refractivity contribution >= 4 is 23.8 Å². The Labute approximate surface area is 232 Å². The molecule has 2 amide bonds. The third-order valence-corrected chi connectivity index (χ3v) is 6.57. The molecule has 10 nitrogen and oxygen atoms in total. The van der Waals surface area contributed by atoms with Crippen LogP contribution >= 0.6 is 0 Å². The number of nitrogens with one attached hydrogen (secondary N) is 1. The molecule has 0 unspecified atom stereocenters. The molecule has 2 heterocycles. The average molecular weight is 553 g/mol. The van der Waals surface area contributed by atoms with Crippen molar-refractivity contribution in [1.29, 1.82) is 5.26 Å². The van der Waals surface area contributed by atoms with Crippen molar-refractivity contribution in [3.8, 4) is 22.9 Å². The first-order valence-electron chi connectivity index (χ1n) is 13.3. The molecule has 11 heteroatoms. The number of carbonyl (C=O) groups excluding carboxylic acids is 3. The van der Waals surface area contributed by atoms with Gasteiger partial charge in [-0.05, 0) is 69.5 Å². The lowest BCUT2D eigenvalue weighted by atomic mass is 10.0. The number of amides is 2. The molecular weight excluding hydrogens is 519 g/mol. The zero-order valence-corrected chi connectivity index (χ0v) is 23.0. The second-order valence-electron chi connectivity index (χ2n) is 10.8. The lowest BCUT2D eigenvalue weighted by Crippen LogP contribution is -2.50. The normalized spacial score (nSPS) is 22.1. The van der Waals surface area contributed by atoms with Crippen LogP contribution in [0.5, 0.6) is 5.75 Å². The Morgan fingerprint density at radius 3 is 2.60 bits per heavy atom. The Morgan fingerprint density at radius 1 is 1.18 bits per heavy atom. The van der Waals surface area contributed by atoms with Crippen LogP contribution < -0.4 is 10.1 Å². The fourth-order valence-electron chi connectivity index (χ4n) is 4.46. The minimum absolute atomic E-state index is 0.160. The molecule has 2 aliphatic rings. The second kappa shape index (κ2) is 11.9. The van der Waals surface area contributed by atoms with Crippen LogP contribution in [0.3, 0.4) is 0 Å². The number of esters is 1. The van der Waals surface area contributed by atoms with Crippen LogP contribution in [0.15, 0.2) is 36.5 Å². The highest BCUT2D eigenvalue weighted by Gasteiger charge is 2.49. The van der Waals surface area contributed by atoms with E-state index in [-0.39, 0.29) is 49.3 Å². The molecule has 1 saturated carbocycles. The number of rotatable bonds is 7. The standard InChI is InChI=1S/C29H33FN4O6/c1-5-38-27(36)21-14-20(21)26(35)33-25-13-18(8-10-32-25)17-6-7-23(19(12-17)15-31)39-24-9-11-34(16-22(24)30)28(37)40-29(2,3)4/h6-8,10,12-13,20-22,24H,5,9,11,14,16H2,1-4H3,(H,32,33,35)/t20-,21-,22-,24+/m1/s1. The predicted molar refractivity (Wildman–Crippen MR) is 143 cm³/mol. The van der Waals surface area contributed by atoms with Crippen molar-refractivity contribution in [2.45, 2.75) is 58.4 Å². The lowest BCUT2D eigenvalue weighted by molar-refractivity contribution is -0.145. The number of hydrogen-bond acceptors (Lipinski definition) is 8. The quantitative estimate of drug-likeness (QED) is 0.498. The van der Waals surface area contributed by atoms with Crippen LogP contribution in [-0.4, -0.2) is 65.4 Å². The summed E-state index contributed by atoms with van der Waals surface area (Å²) in [6.07, 6.45) is -0.618. The summed E-state index contributed by atoms with van der Waals surface area (Å²) < 4.78 is 31.1. The third kappa shape index (κ3) is 7.05. The maximum Gasteiger partial charge on any atom is 0.410 e. The number of halogens is 1. The van der Waals surface area contributed by atoms with E-state index in [2.05, 4.69) is 16.4 Å². The van der Waals surface area contributed by atoms with Gasteiger partial charge in [0.1, 0.15) is 29.3 Å². The second-order valence-corrected chi connectivity index (χ2v) is 10.8. The van der Waals surface area contributed by atoms with E-state index in [4.69, 9.17) is 14.2 Å². The third-order valence-electron chi connectivity index (χ3n) is 6.57. The predicted octanol–water partition coefficient (Wildman–Crippen LogP) is 4.48. The van der Waals surface area contributed by atoms with Crippen molar-refractivity contribution in [2.24, 2.45) is 11.8 Å². The minimum Gasteiger partial charge on any atom is -0.486 e. The molecule has 0 bridgehead atoms. The van der Waals surface area contributed by atoms with Crippen LogP contribution in [0.1, 0.15) is 46.1 Å². The molecule has 0 radical (unpaired) electrons. The Hall–Kier alpha value is -4.20. The van der Waals surface area contributed by atoms with Crippen LogP contribution in [0, 0.1) is 23.2 Å². The fourth-order valence-corrected chi connectivity index (χ4v) is 4.46. The molecule has 1 N–H and O–H groups in total. The lowest BCUT2D eigenvalue weighted by Gasteiger charge is -2.35. The summed E-state index contributed by atoms with van der Waals surface area (Å²) in [6.45, 7) is 7.35. The van der Waals surface area contributed by atoms with Gasteiger partial charge in [0.05, 0.1) is 30.6 Å². The Morgan fingerprint density at radius 2 is 1.93 bits per heavy atom. The van der Waals surface area contributed by atoms with Gasteiger partial charge < -0.3 is 24.4 Å². The maximum atomic E-state index is 14.9. The summed E-state index contributed by atoms with van der Waals surface area (Å²) in [5, 5.41) is 12.5. The molecule has 0 spiro atoms. The van der Waals surface area contributed by atoms with Crippen LogP contribution in [0.4, 0.5) is 15.0 Å². The highest BCUT2D eigenvalue weighted by atomic mass is 19.1. The van der Waals surface area contributed by atoms with Gasteiger partial charge in [-0.3, -0.25) is 9.59 Å². The van der Waals surface area contributed by atoms with Gasteiger partial charge in [-0.1, -0.05) is 6.07 Å². The van der Waals surface area contributed by atoms with E-state index in [1.165, 1.54) is 11.1 Å². The molecule has 212 valence electrons.